The predicted molar refractivity (Wildman–Crippen MR) is 142 cm³/mol. The van der Waals surface area contributed by atoms with Crippen LogP contribution >= 0.6 is 0 Å². The van der Waals surface area contributed by atoms with E-state index in [-0.39, 0.29) is 31.8 Å². The number of aliphatic hydroxyl groups is 1. The molecule has 198 valence electrons. The summed E-state index contributed by atoms with van der Waals surface area (Å²) < 4.78 is 21.9. The van der Waals surface area contributed by atoms with Gasteiger partial charge in [-0.15, -0.1) is 0 Å². The Bertz CT molecular complexity index is 1290. The van der Waals surface area contributed by atoms with Gasteiger partial charge in [-0.2, -0.15) is 0 Å². The first-order valence-electron chi connectivity index (χ1n) is 12.0. The second-order valence-electron chi connectivity index (χ2n) is 8.45. The van der Waals surface area contributed by atoms with Crippen molar-refractivity contribution in [2.45, 2.75) is 13.0 Å². The monoisotopic (exact) mass is 519 g/mol. The first kappa shape index (κ1) is 26.4. The lowest BCUT2D eigenvalue weighted by atomic mass is 9.96. The maximum absolute atomic E-state index is 12.9. The molecule has 2 amide bonds. The van der Waals surface area contributed by atoms with Crippen LogP contribution < -0.4 is 30.6 Å². The quantitative estimate of drug-likeness (QED) is 0.227. The minimum absolute atomic E-state index is 0.105. The van der Waals surface area contributed by atoms with E-state index in [9.17, 15) is 9.59 Å². The zero-order valence-electron chi connectivity index (χ0n) is 20.8. The van der Waals surface area contributed by atoms with E-state index in [1.807, 2.05) is 6.92 Å². The van der Waals surface area contributed by atoms with Crippen LogP contribution in [0.1, 0.15) is 18.6 Å². The molecule has 1 aliphatic rings. The lowest BCUT2D eigenvalue weighted by molar-refractivity contribution is -0.111. The molecule has 3 aromatic rings. The highest BCUT2D eigenvalue weighted by atomic mass is 16.7. The average Bonchev–Trinajstić information content (AvgIpc) is 3.39. The Morgan fingerprint density at radius 3 is 2.58 bits per heavy atom. The van der Waals surface area contributed by atoms with Gasteiger partial charge in [-0.05, 0) is 48.0 Å². The summed E-state index contributed by atoms with van der Waals surface area (Å²) in [6.07, 6.45) is 1.61. The molecule has 0 spiro atoms. The van der Waals surface area contributed by atoms with Crippen LogP contribution in [0.25, 0.3) is 0 Å². The molecule has 10 nitrogen and oxygen atoms in total. The number of rotatable bonds is 10. The fourth-order valence-electron chi connectivity index (χ4n) is 3.76. The van der Waals surface area contributed by atoms with Crippen molar-refractivity contribution in [2.24, 2.45) is 5.92 Å². The third-order valence-corrected chi connectivity index (χ3v) is 5.67. The molecule has 3 aromatic carbocycles. The van der Waals surface area contributed by atoms with Crippen molar-refractivity contribution in [1.82, 2.24) is 0 Å². The van der Waals surface area contributed by atoms with E-state index in [4.69, 9.17) is 29.8 Å². The van der Waals surface area contributed by atoms with Gasteiger partial charge in [-0.25, -0.2) is 4.79 Å². The number of fused-ring (bicyclic) bond motifs is 1. The third kappa shape index (κ3) is 6.95. The van der Waals surface area contributed by atoms with Gasteiger partial charge < -0.3 is 35.1 Å². The molecule has 0 unspecified atom stereocenters. The van der Waals surface area contributed by atoms with Crippen LogP contribution in [0, 0.1) is 5.92 Å². The van der Waals surface area contributed by atoms with E-state index >= 15 is 0 Å². The van der Waals surface area contributed by atoms with Crippen molar-refractivity contribution in [2.75, 3.05) is 36.4 Å². The number of para-hydroxylation sites is 2. The smallest absolute Gasteiger partial charge is 0.412 e. The molecule has 5 N–H and O–H groups in total. The van der Waals surface area contributed by atoms with Gasteiger partial charge in [0.1, 0.15) is 18.5 Å². The number of amides is 2. The number of nitrogens with one attached hydrogen (secondary N) is 2. The molecular formula is C28H29N3O7. The first-order chi connectivity index (χ1) is 18.4. The van der Waals surface area contributed by atoms with Crippen LogP contribution in [0.15, 0.2) is 78.9 Å². The van der Waals surface area contributed by atoms with Crippen LogP contribution in [0.4, 0.5) is 21.9 Å². The maximum Gasteiger partial charge on any atom is 0.412 e. The number of carbonyl (C=O) groups excluding carboxylic acids is 2. The van der Waals surface area contributed by atoms with Gasteiger partial charge >= 0.3 is 6.09 Å². The molecule has 38 heavy (non-hydrogen) atoms. The van der Waals surface area contributed by atoms with E-state index in [0.29, 0.717) is 39.9 Å². The topological polar surface area (TPSA) is 141 Å². The van der Waals surface area contributed by atoms with Gasteiger partial charge in [-0.1, -0.05) is 37.3 Å². The Hall–Kier alpha value is -4.70. The highest BCUT2D eigenvalue weighted by Gasteiger charge is 2.23. The van der Waals surface area contributed by atoms with Gasteiger partial charge in [-0.3, -0.25) is 10.1 Å². The molecule has 10 heteroatoms. The van der Waals surface area contributed by atoms with Crippen LogP contribution in [-0.4, -0.2) is 37.1 Å². The van der Waals surface area contributed by atoms with Crippen LogP contribution in [0.2, 0.25) is 0 Å². The van der Waals surface area contributed by atoms with Gasteiger partial charge in [0, 0.05) is 17.7 Å². The third-order valence-electron chi connectivity index (χ3n) is 5.67. The minimum Gasteiger partial charge on any atom is -0.491 e. The number of anilines is 3. The van der Waals surface area contributed by atoms with Crippen molar-refractivity contribution < 1.29 is 33.6 Å². The fourth-order valence-corrected chi connectivity index (χ4v) is 3.76. The minimum atomic E-state index is -0.734. The van der Waals surface area contributed by atoms with E-state index in [1.54, 1.807) is 72.8 Å². The van der Waals surface area contributed by atoms with Crippen molar-refractivity contribution in [3.8, 4) is 17.2 Å². The molecule has 0 aromatic heterocycles. The van der Waals surface area contributed by atoms with Crippen molar-refractivity contribution >= 4 is 29.1 Å². The fraction of sp³-hybridized carbons (Fsp3) is 0.214. The summed E-state index contributed by atoms with van der Waals surface area (Å²) in [6, 6.07) is 18.9. The Morgan fingerprint density at radius 1 is 1.05 bits per heavy atom. The molecule has 1 aliphatic heterocycles. The van der Waals surface area contributed by atoms with Gasteiger partial charge in [0.25, 0.3) is 0 Å². The summed E-state index contributed by atoms with van der Waals surface area (Å²) in [5.74, 6) is 0.930. The lowest BCUT2D eigenvalue weighted by Crippen LogP contribution is -2.21. The summed E-state index contributed by atoms with van der Waals surface area (Å²) in [7, 11) is 0. The Balaban J connectivity index is 1.47. The Labute approximate surface area is 220 Å². The molecule has 0 fully saturated rings. The largest absolute Gasteiger partial charge is 0.491 e. The number of carbonyl (C=O) groups is 2. The summed E-state index contributed by atoms with van der Waals surface area (Å²) in [5, 5.41) is 14.4. The second kappa shape index (κ2) is 12.5. The number of hydrogen-bond donors (Lipinski definition) is 4. The molecule has 0 bridgehead atoms. The number of ether oxygens (including phenoxy) is 4. The number of hydrogen-bond acceptors (Lipinski definition) is 8. The number of benzene rings is 3. The van der Waals surface area contributed by atoms with Crippen LogP contribution in [0.5, 0.6) is 17.2 Å². The van der Waals surface area contributed by atoms with Crippen LogP contribution in [-0.2, 0) is 9.53 Å². The number of nitrogen functional groups attached to an aromatic ring is 1. The summed E-state index contributed by atoms with van der Waals surface area (Å²) in [6.45, 7) is 2.01. The Kier molecular flexibility index (Phi) is 8.68. The molecule has 4 rings (SSSR count). The summed E-state index contributed by atoms with van der Waals surface area (Å²) in [5.41, 5.74) is 8.02. The normalized spacial score (nSPS) is 13.5. The standard InChI is InChI=1S/C28H29N3O7/c1-18(6-13-26(33)31-23-5-3-2-4-22(23)29)27(19-7-10-21(11-8-19)35-15-14-32)38-28(34)30-20-9-12-24-25(16-20)37-17-36-24/h2-13,16,18,27,32H,14-15,17,29H2,1H3,(H,30,34)(H,31,33)/b13-6+/t18-,27+/m1/s1. The van der Waals surface area contributed by atoms with E-state index in [1.165, 1.54) is 6.08 Å². The second-order valence-corrected chi connectivity index (χ2v) is 8.45. The molecular weight excluding hydrogens is 490 g/mol. The zero-order valence-corrected chi connectivity index (χ0v) is 20.8. The van der Waals surface area contributed by atoms with E-state index in [2.05, 4.69) is 10.6 Å². The van der Waals surface area contributed by atoms with Crippen LogP contribution in [0.3, 0.4) is 0 Å². The molecule has 0 saturated heterocycles. The molecule has 0 saturated carbocycles. The highest BCUT2D eigenvalue weighted by Crippen LogP contribution is 2.35. The van der Waals surface area contributed by atoms with Gasteiger partial charge in [0.15, 0.2) is 11.5 Å². The molecule has 0 aliphatic carbocycles. The van der Waals surface area contributed by atoms with Gasteiger partial charge in [0.2, 0.25) is 12.7 Å². The van der Waals surface area contributed by atoms with E-state index in [0.717, 1.165) is 0 Å². The summed E-state index contributed by atoms with van der Waals surface area (Å²) >= 11 is 0. The molecule has 2 atom stereocenters. The first-order valence-corrected chi connectivity index (χ1v) is 12.0. The molecule has 0 radical (unpaired) electrons. The summed E-state index contributed by atoms with van der Waals surface area (Å²) in [4.78, 5) is 25.3. The van der Waals surface area contributed by atoms with Crippen molar-refractivity contribution in [1.29, 1.82) is 0 Å². The van der Waals surface area contributed by atoms with Crippen molar-refractivity contribution in [3.63, 3.8) is 0 Å². The molecule has 1 heterocycles. The van der Waals surface area contributed by atoms with Gasteiger partial charge in [0.05, 0.1) is 18.0 Å². The Morgan fingerprint density at radius 2 is 1.82 bits per heavy atom. The zero-order chi connectivity index (χ0) is 26.9. The highest BCUT2D eigenvalue weighted by molar-refractivity contribution is 6.01. The van der Waals surface area contributed by atoms with E-state index < -0.39 is 12.2 Å². The number of aliphatic hydroxyl groups excluding tert-OH is 1. The predicted octanol–water partition coefficient (Wildman–Crippen LogP) is 4.49. The van der Waals surface area contributed by atoms with Crippen molar-refractivity contribution in [3.05, 3.63) is 84.4 Å². The number of nitrogens with two attached hydrogens (primary N) is 1. The maximum atomic E-state index is 12.9. The lowest BCUT2D eigenvalue weighted by Gasteiger charge is -2.23. The average molecular weight is 520 g/mol. The SMILES string of the molecule is C[C@H](/C=C/C(=O)Nc1ccccc1N)[C@H](OC(=O)Nc1ccc2c(c1)OCO2)c1ccc(OCCO)cc1.